The molecule has 0 radical (unpaired) electrons. The smallest absolute Gasteiger partial charge is 0.239 e. The molecule has 204 valence electrons. The highest BCUT2D eigenvalue weighted by molar-refractivity contribution is 7.92. The van der Waals surface area contributed by atoms with E-state index in [-0.39, 0.29) is 30.5 Å². The van der Waals surface area contributed by atoms with E-state index in [9.17, 15) is 27.8 Å². The summed E-state index contributed by atoms with van der Waals surface area (Å²) in [5.74, 6) is -0.683. The molecule has 0 amide bonds. The highest BCUT2D eigenvalue weighted by atomic mass is 32.2. The summed E-state index contributed by atoms with van der Waals surface area (Å²) in [6.45, 7) is 9.34. The van der Waals surface area contributed by atoms with Crippen LogP contribution in [0.3, 0.4) is 0 Å². The van der Waals surface area contributed by atoms with Crippen LogP contribution in [0.25, 0.3) is 17.3 Å². The molecule has 2 aromatic rings. The Labute approximate surface area is 219 Å². The Hall–Kier alpha value is -2.69. The van der Waals surface area contributed by atoms with E-state index in [0.717, 1.165) is 10.6 Å². The van der Waals surface area contributed by atoms with E-state index in [1.165, 1.54) is 37.4 Å². The number of ketones is 1. The van der Waals surface area contributed by atoms with Crippen molar-refractivity contribution in [3.05, 3.63) is 47.4 Å². The minimum atomic E-state index is -3.64. The van der Waals surface area contributed by atoms with Crippen LogP contribution in [0, 0.1) is 11.2 Å². The lowest BCUT2D eigenvalue weighted by Crippen LogP contribution is -2.29. The first-order valence-corrected chi connectivity index (χ1v) is 14.1. The van der Waals surface area contributed by atoms with Gasteiger partial charge in [-0.25, -0.2) is 27.1 Å². The first-order chi connectivity index (χ1) is 17.1. The highest BCUT2D eigenvalue weighted by Gasteiger charge is 2.28. The summed E-state index contributed by atoms with van der Waals surface area (Å²) in [7, 11) is -2.29. The van der Waals surface area contributed by atoms with Crippen molar-refractivity contribution >= 4 is 27.8 Å². The van der Waals surface area contributed by atoms with Crippen molar-refractivity contribution in [2.75, 3.05) is 17.6 Å². The van der Waals surface area contributed by atoms with Crippen LogP contribution in [-0.4, -0.2) is 59.9 Å². The van der Waals surface area contributed by atoms with Gasteiger partial charge in [0.25, 0.3) is 0 Å². The lowest BCUT2D eigenvalue weighted by Gasteiger charge is -2.23. The topological polar surface area (TPSA) is 121 Å². The zero-order chi connectivity index (χ0) is 28.1. The SMILES string of the molecule is CCC(C)(C)C(=O)CC(O)CC(O)/C=C/c1c(-c2ccc(F)cc2)nc(N(C)S(C)(=O)=O)nc1C(C)C. The number of Topliss-reactive ketones (excluding diaryl/α,β-unsaturated/α-hetero) is 1. The van der Waals surface area contributed by atoms with Gasteiger partial charge < -0.3 is 10.2 Å². The Morgan fingerprint density at radius 2 is 1.76 bits per heavy atom. The number of anilines is 1. The summed E-state index contributed by atoms with van der Waals surface area (Å²) in [6, 6.07) is 5.62. The van der Waals surface area contributed by atoms with Crippen LogP contribution in [0.5, 0.6) is 0 Å². The van der Waals surface area contributed by atoms with Gasteiger partial charge in [0.1, 0.15) is 11.6 Å². The highest BCUT2D eigenvalue weighted by Crippen LogP contribution is 2.32. The van der Waals surface area contributed by atoms with Crippen molar-refractivity contribution in [2.45, 2.75) is 72.0 Å². The molecule has 0 saturated carbocycles. The van der Waals surface area contributed by atoms with E-state index in [1.54, 1.807) is 6.08 Å². The second-order valence-corrected chi connectivity index (χ2v) is 12.3. The van der Waals surface area contributed by atoms with Crippen LogP contribution in [0.4, 0.5) is 10.3 Å². The third kappa shape index (κ3) is 8.15. The molecule has 37 heavy (non-hydrogen) atoms. The number of aliphatic hydroxyl groups is 2. The van der Waals surface area contributed by atoms with Gasteiger partial charge in [0.05, 0.1) is 29.9 Å². The van der Waals surface area contributed by atoms with Gasteiger partial charge in [-0.1, -0.05) is 46.8 Å². The zero-order valence-corrected chi connectivity index (χ0v) is 23.4. The fourth-order valence-corrected chi connectivity index (χ4v) is 3.91. The fourth-order valence-electron chi connectivity index (χ4n) is 3.53. The Morgan fingerprint density at radius 3 is 2.27 bits per heavy atom. The van der Waals surface area contributed by atoms with Gasteiger partial charge in [-0.3, -0.25) is 4.79 Å². The molecule has 2 N–H and O–H groups in total. The first kappa shape index (κ1) is 30.5. The van der Waals surface area contributed by atoms with Crippen LogP contribution in [0.15, 0.2) is 30.3 Å². The number of rotatable bonds is 12. The van der Waals surface area contributed by atoms with Gasteiger partial charge in [-0.2, -0.15) is 0 Å². The molecular formula is C27H38FN3O5S. The van der Waals surface area contributed by atoms with Gasteiger partial charge in [-0.15, -0.1) is 0 Å². The Balaban J connectivity index is 2.49. The normalized spacial score (nSPS) is 14.2. The molecule has 0 aliphatic rings. The summed E-state index contributed by atoms with van der Waals surface area (Å²) in [5, 5.41) is 21.0. The zero-order valence-electron chi connectivity index (χ0n) is 22.6. The number of nitrogens with zero attached hydrogens (tertiary/aromatic N) is 3. The minimum Gasteiger partial charge on any atom is -0.393 e. The maximum Gasteiger partial charge on any atom is 0.239 e. The second kappa shape index (κ2) is 12.2. The van der Waals surface area contributed by atoms with Gasteiger partial charge in [0.2, 0.25) is 16.0 Å². The Morgan fingerprint density at radius 1 is 1.16 bits per heavy atom. The molecule has 2 atom stereocenters. The van der Waals surface area contributed by atoms with Crippen molar-refractivity contribution in [3.8, 4) is 11.3 Å². The molecule has 0 aliphatic carbocycles. The number of carbonyl (C=O) groups is 1. The molecule has 2 unspecified atom stereocenters. The van der Waals surface area contributed by atoms with Gasteiger partial charge >= 0.3 is 0 Å². The van der Waals surface area contributed by atoms with Crippen LogP contribution in [0.2, 0.25) is 0 Å². The standard InChI is InChI=1S/C27H38FN3O5S/c1-8-27(4,5)23(34)16-21(33)15-20(32)13-14-22-24(17(2)3)29-26(31(6)37(7,35)36)30-25(22)18-9-11-19(28)12-10-18/h9-14,17,20-21,32-33H,8,15-16H2,1-7H3/b14-13+. The monoisotopic (exact) mass is 535 g/mol. The number of aromatic nitrogens is 2. The molecule has 0 aliphatic heterocycles. The molecule has 8 nitrogen and oxygen atoms in total. The average molecular weight is 536 g/mol. The maximum absolute atomic E-state index is 13.6. The van der Waals surface area contributed by atoms with Crippen LogP contribution in [-0.2, 0) is 14.8 Å². The minimum absolute atomic E-state index is 0.0318. The second-order valence-electron chi connectivity index (χ2n) is 10.2. The van der Waals surface area contributed by atoms with E-state index in [1.807, 2.05) is 34.6 Å². The number of sulfonamides is 1. The van der Waals surface area contributed by atoms with Crippen molar-refractivity contribution in [3.63, 3.8) is 0 Å². The summed E-state index contributed by atoms with van der Waals surface area (Å²) in [6.07, 6.45) is 2.62. The molecule has 0 saturated heterocycles. The molecule has 0 spiro atoms. The average Bonchev–Trinajstić information content (AvgIpc) is 2.81. The number of hydrogen-bond acceptors (Lipinski definition) is 7. The first-order valence-electron chi connectivity index (χ1n) is 12.3. The van der Waals surface area contributed by atoms with Crippen molar-refractivity contribution in [1.82, 2.24) is 9.97 Å². The lowest BCUT2D eigenvalue weighted by molar-refractivity contribution is -0.129. The Kier molecular flexibility index (Phi) is 10.1. The van der Waals surface area contributed by atoms with Crippen LogP contribution < -0.4 is 4.31 Å². The molecular weight excluding hydrogens is 497 g/mol. The van der Waals surface area contributed by atoms with Crippen LogP contribution >= 0.6 is 0 Å². The van der Waals surface area contributed by atoms with Gasteiger partial charge in [0, 0.05) is 36.4 Å². The maximum atomic E-state index is 13.6. The van der Waals surface area contributed by atoms with Crippen LogP contribution in [0.1, 0.15) is 71.1 Å². The number of benzene rings is 1. The molecule has 0 fully saturated rings. The molecule has 2 rings (SSSR count). The van der Waals surface area contributed by atoms with E-state index >= 15 is 0 Å². The van der Waals surface area contributed by atoms with Gasteiger partial charge in [-0.05, 0) is 36.6 Å². The third-order valence-electron chi connectivity index (χ3n) is 6.47. The summed E-state index contributed by atoms with van der Waals surface area (Å²) in [4.78, 5) is 21.4. The van der Waals surface area contributed by atoms with Crippen molar-refractivity contribution in [2.24, 2.45) is 5.41 Å². The number of carbonyl (C=O) groups excluding carboxylic acids is 1. The number of halogens is 1. The lowest BCUT2D eigenvalue weighted by atomic mass is 9.82. The summed E-state index contributed by atoms with van der Waals surface area (Å²) < 4.78 is 38.9. The number of hydrogen-bond donors (Lipinski definition) is 2. The quantitative estimate of drug-likeness (QED) is 0.415. The predicted octanol–water partition coefficient (Wildman–Crippen LogP) is 4.32. The Bertz CT molecular complexity index is 1230. The largest absolute Gasteiger partial charge is 0.393 e. The predicted molar refractivity (Wildman–Crippen MR) is 144 cm³/mol. The van der Waals surface area contributed by atoms with Crippen molar-refractivity contribution in [1.29, 1.82) is 0 Å². The van der Waals surface area contributed by atoms with Crippen molar-refractivity contribution < 1.29 is 27.8 Å². The molecule has 1 aromatic carbocycles. The summed E-state index contributed by atoms with van der Waals surface area (Å²) >= 11 is 0. The van der Waals surface area contributed by atoms with E-state index in [0.29, 0.717) is 28.9 Å². The molecule has 10 heteroatoms. The molecule has 1 aromatic heterocycles. The fraction of sp³-hybridized carbons (Fsp3) is 0.519. The number of aliphatic hydroxyl groups excluding tert-OH is 2. The molecule has 0 bridgehead atoms. The molecule has 1 heterocycles. The van der Waals surface area contributed by atoms with Gasteiger partial charge in [0.15, 0.2) is 0 Å². The van der Waals surface area contributed by atoms with E-state index in [4.69, 9.17) is 0 Å². The van der Waals surface area contributed by atoms with E-state index in [2.05, 4.69) is 9.97 Å². The third-order valence-corrected chi connectivity index (χ3v) is 7.62. The van der Waals surface area contributed by atoms with E-state index < -0.39 is 33.5 Å². The summed E-state index contributed by atoms with van der Waals surface area (Å²) in [5.41, 5.74) is 1.42.